The summed E-state index contributed by atoms with van der Waals surface area (Å²) in [6.45, 7) is 2.37. The summed E-state index contributed by atoms with van der Waals surface area (Å²) in [5.74, 6) is 2.39. The minimum Gasteiger partial charge on any atom is -0.504 e. The highest BCUT2D eigenvalue weighted by molar-refractivity contribution is 5.60. The first kappa shape index (κ1) is 14.9. The van der Waals surface area contributed by atoms with Gasteiger partial charge >= 0.3 is 0 Å². The molecule has 5 aliphatic rings. The van der Waals surface area contributed by atoms with Crippen molar-refractivity contribution in [3.63, 3.8) is 0 Å². The standard InChI is InChI=1S/C21H27NO3/c23-16-6-4-13-10-15-14-5-7-17(24)20-21(14,18(13)19(16)25-20)8-9-22(15)11-12-2-1-3-12/h4,6,12,14-15,17,20,23-24H,1-3,5,7-11H2/t14-,15+,17?,20-,21-/m0/s1. The number of hydrogen-bond acceptors (Lipinski definition) is 4. The van der Waals surface area contributed by atoms with Crippen LogP contribution in [0.25, 0.3) is 0 Å². The SMILES string of the molecule is Oc1ccc2c3c1O[C@H]1C(O)CC[C@H]4[C@@H](C2)N(CC2CCC2)CC[C@]314. The van der Waals surface area contributed by atoms with Crippen LogP contribution in [0.2, 0.25) is 0 Å². The van der Waals surface area contributed by atoms with Crippen LogP contribution in [0.15, 0.2) is 12.1 Å². The summed E-state index contributed by atoms with van der Waals surface area (Å²) in [4.78, 5) is 2.77. The van der Waals surface area contributed by atoms with Crippen LogP contribution in [0.1, 0.15) is 49.7 Å². The van der Waals surface area contributed by atoms with Crippen LogP contribution in [0.5, 0.6) is 11.5 Å². The average Bonchev–Trinajstić information content (AvgIpc) is 2.92. The first-order valence-electron chi connectivity index (χ1n) is 10.1. The minimum absolute atomic E-state index is 0.0693. The maximum Gasteiger partial charge on any atom is 0.165 e. The minimum atomic E-state index is -0.409. The molecule has 25 heavy (non-hydrogen) atoms. The molecule has 1 aromatic rings. The molecule has 1 aromatic carbocycles. The van der Waals surface area contributed by atoms with Crippen LogP contribution < -0.4 is 4.74 Å². The van der Waals surface area contributed by atoms with Gasteiger partial charge in [-0.05, 0) is 68.5 Å². The summed E-state index contributed by atoms with van der Waals surface area (Å²) in [5.41, 5.74) is 2.53. The molecule has 3 aliphatic carbocycles. The number of aliphatic hydroxyl groups excluding tert-OH is 1. The molecule has 2 saturated carbocycles. The highest BCUT2D eigenvalue weighted by Gasteiger charge is 2.65. The van der Waals surface area contributed by atoms with Crippen molar-refractivity contribution in [2.24, 2.45) is 11.8 Å². The molecule has 0 aromatic heterocycles. The quantitative estimate of drug-likeness (QED) is 0.868. The summed E-state index contributed by atoms with van der Waals surface area (Å²) in [7, 11) is 0. The number of phenols is 1. The second-order valence-corrected chi connectivity index (χ2v) is 9.09. The molecule has 4 nitrogen and oxygen atoms in total. The molecule has 2 N–H and O–H groups in total. The largest absolute Gasteiger partial charge is 0.504 e. The van der Waals surface area contributed by atoms with Gasteiger partial charge in [0.25, 0.3) is 0 Å². The molecule has 134 valence electrons. The van der Waals surface area contributed by atoms with Crippen LogP contribution in [-0.2, 0) is 11.8 Å². The topological polar surface area (TPSA) is 52.9 Å². The Balaban J connectivity index is 1.48. The van der Waals surface area contributed by atoms with Gasteiger partial charge in [-0.2, -0.15) is 0 Å². The van der Waals surface area contributed by atoms with Gasteiger partial charge in [0.05, 0.1) is 6.10 Å². The highest BCUT2D eigenvalue weighted by Crippen LogP contribution is 2.63. The Morgan fingerprint density at radius 3 is 2.88 bits per heavy atom. The zero-order valence-electron chi connectivity index (χ0n) is 14.7. The van der Waals surface area contributed by atoms with E-state index in [4.69, 9.17) is 4.74 Å². The molecule has 4 heteroatoms. The van der Waals surface area contributed by atoms with Crippen molar-refractivity contribution in [3.8, 4) is 11.5 Å². The van der Waals surface area contributed by atoms with Crippen LogP contribution >= 0.6 is 0 Å². The summed E-state index contributed by atoms with van der Waals surface area (Å²) >= 11 is 0. The Kier molecular flexibility index (Phi) is 2.92. The number of nitrogens with zero attached hydrogens (tertiary/aromatic N) is 1. The summed E-state index contributed by atoms with van der Waals surface area (Å²) in [6, 6.07) is 4.48. The summed E-state index contributed by atoms with van der Waals surface area (Å²) in [6.07, 6.45) is 7.69. The van der Waals surface area contributed by atoms with E-state index in [-0.39, 0.29) is 17.3 Å². The molecule has 6 rings (SSSR count). The number of aromatic hydroxyl groups is 1. The zero-order chi connectivity index (χ0) is 16.8. The molecule has 0 radical (unpaired) electrons. The Bertz CT molecular complexity index is 730. The lowest BCUT2D eigenvalue weighted by Gasteiger charge is -2.59. The lowest BCUT2D eigenvalue weighted by Crippen LogP contribution is -2.67. The highest BCUT2D eigenvalue weighted by atomic mass is 16.5. The zero-order valence-corrected chi connectivity index (χ0v) is 14.7. The maximum atomic E-state index is 10.7. The fraction of sp³-hybridized carbons (Fsp3) is 0.714. The first-order chi connectivity index (χ1) is 12.2. The van der Waals surface area contributed by atoms with Gasteiger partial charge in [-0.25, -0.2) is 0 Å². The predicted molar refractivity (Wildman–Crippen MR) is 94.0 cm³/mol. The third-order valence-electron chi connectivity index (χ3n) is 8.12. The average molecular weight is 341 g/mol. The van der Waals surface area contributed by atoms with Gasteiger partial charge in [0, 0.05) is 23.6 Å². The maximum absolute atomic E-state index is 10.7. The normalized spacial score (nSPS) is 41.8. The van der Waals surface area contributed by atoms with Crippen molar-refractivity contribution in [1.82, 2.24) is 4.90 Å². The van der Waals surface area contributed by atoms with Crippen LogP contribution in [0.3, 0.4) is 0 Å². The first-order valence-corrected chi connectivity index (χ1v) is 10.1. The molecule has 1 saturated heterocycles. The van der Waals surface area contributed by atoms with E-state index in [9.17, 15) is 10.2 Å². The molecule has 2 heterocycles. The van der Waals surface area contributed by atoms with Gasteiger partial charge in [-0.15, -0.1) is 0 Å². The number of phenolic OH excluding ortho intramolecular Hbond substituents is 1. The molecular formula is C21H27NO3. The smallest absolute Gasteiger partial charge is 0.165 e. The van der Waals surface area contributed by atoms with Crippen molar-refractivity contribution in [2.75, 3.05) is 13.1 Å². The van der Waals surface area contributed by atoms with E-state index in [2.05, 4.69) is 11.0 Å². The Hall–Kier alpha value is -1.26. The summed E-state index contributed by atoms with van der Waals surface area (Å²) in [5, 5.41) is 21.1. The van der Waals surface area contributed by atoms with E-state index >= 15 is 0 Å². The van der Waals surface area contributed by atoms with Gasteiger partial charge in [0.2, 0.25) is 0 Å². The molecule has 3 fully saturated rings. The second-order valence-electron chi connectivity index (χ2n) is 9.09. The number of piperidine rings is 1. The van der Waals surface area contributed by atoms with Gasteiger partial charge in [-0.3, -0.25) is 4.90 Å². The number of likely N-dealkylation sites (tertiary alicyclic amines) is 1. The number of hydrogen-bond donors (Lipinski definition) is 2. The Morgan fingerprint density at radius 2 is 2.08 bits per heavy atom. The lowest BCUT2D eigenvalue weighted by atomic mass is 9.51. The Morgan fingerprint density at radius 1 is 1.20 bits per heavy atom. The molecule has 1 spiro atoms. The second kappa shape index (κ2) is 4.92. The van der Waals surface area contributed by atoms with Crippen LogP contribution in [-0.4, -0.2) is 46.5 Å². The van der Waals surface area contributed by atoms with Crippen molar-refractivity contribution in [2.45, 2.75) is 68.6 Å². The van der Waals surface area contributed by atoms with Crippen molar-refractivity contribution in [3.05, 3.63) is 23.3 Å². The molecular weight excluding hydrogens is 314 g/mol. The molecule has 1 unspecified atom stereocenters. The summed E-state index contributed by atoms with van der Waals surface area (Å²) < 4.78 is 6.25. The fourth-order valence-electron chi connectivity index (χ4n) is 6.83. The van der Waals surface area contributed by atoms with Crippen molar-refractivity contribution in [1.29, 1.82) is 0 Å². The number of benzene rings is 1. The predicted octanol–water partition coefficient (Wildman–Crippen LogP) is 2.59. The number of ether oxygens (including phenoxy) is 1. The van der Waals surface area contributed by atoms with Gasteiger partial charge < -0.3 is 14.9 Å². The molecule has 2 aliphatic heterocycles. The monoisotopic (exact) mass is 341 g/mol. The van der Waals surface area contributed by atoms with Gasteiger partial charge in [0.1, 0.15) is 6.10 Å². The lowest BCUT2D eigenvalue weighted by molar-refractivity contribution is -0.107. The fourth-order valence-corrected chi connectivity index (χ4v) is 6.83. The Labute approximate surface area is 148 Å². The molecule has 5 atom stereocenters. The van der Waals surface area contributed by atoms with Crippen molar-refractivity contribution < 1.29 is 14.9 Å². The molecule has 2 bridgehead atoms. The van der Waals surface area contributed by atoms with Crippen LogP contribution in [0.4, 0.5) is 0 Å². The van der Waals surface area contributed by atoms with E-state index < -0.39 is 6.10 Å². The number of aliphatic hydroxyl groups is 1. The van der Waals surface area contributed by atoms with E-state index in [1.54, 1.807) is 6.07 Å². The van der Waals surface area contributed by atoms with Gasteiger partial charge in [0.15, 0.2) is 11.5 Å². The third kappa shape index (κ3) is 1.75. The van der Waals surface area contributed by atoms with E-state index in [1.807, 2.05) is 0 Å². The molecule has 0 amide bonds. The number of rotatable bonds is 2. The van der Waals surface area contributed by atoms with Crippen LogP contribution in [0, 0.1) is 11.8 Å². The van der Waals surface area contributed by atoms with E-state index in [1.165, 1.54) is 36.9 Å². The van der Waals surface area contributed by atoms with E-state index in [0.29, 0.717) is 17.7 Å². The van der Waals surface area contributed by atoms with Crippen molar-refractivity contribution >= 4 is 0 Å². The van der Waals surface area contributed by atoms with Gasteiger partial charge in [-0.1, -0.05) is 12.5 Å². The third-order valence-corrected chi connectivity index (χ3v) is 8.12. The van der Waals surface area contributed by atoms with E-state index in [0.717, 1.165) is 38.1 Å².